The van der Waals surface area contributed by atoms with E-state index in [-0.39, 0.29) is 64.5 Å². The molecule has 16 heteroatoms. The Morgan fingerprint density at radius 1 is 0.877 bits per heavy atom. The Balaban J connectivity index is 1.12. The number of aliphatic hydroxyl groups excluding tert-OH is 1. The van der Waals surface area contributed by atoms with Crippen LogP contribution in [0.25, 0.3) is 0 Å². The number of likely N-dealkylation sites (N-methyl/N-ethyl adjacent to an activating group) is 1. The third-order valence-corrected chi connectivity index (χ3v) is 12.0. The minimum absolute atomic E-state index is 0.00518. The van der Waals surface area contributed by atoms with E-state index >= 15 is 0 Å². The van der Waals surface area contributed by atoms with Gasteiger partial charge in [-0.2, -0.15) is 0 Å². The number of phenolic OH excluding ortho intramolecular Hbond substituents is 2. The molecule has 3 saturated heterocycles. The van der Waals surface area contributed by atoms with E-state index in [2.05, 4.69) is 0 Å². The Bertz CT molecular complexity index is 1920. The predicted molar refractivity (Wildman–Crippen MR) is 197 cm³/mol. The molecular formula is C41H51NO15. The highest BCUT2D eigenvalue weighted by molar-refractivity contribution is 6.30. The summed E-state index contributed by atoms with van der Waals surface area (Å²) in [6.45, 7) is 6.68. The molecule has 2 aliphatic carbocycles. The fourth-order valence-corrected chi connectivity index (χ4v) is 9.06. The van der Waals surface area contributed by atoms with E-state index in [1.807, 2.05) is 19.0 Å². The van der Waals surface area contributed by atoms with Crippen molar-refractivity contribution >= 4 is 23.3 Å². The maximum atomic E-state index is 13.9. The zero-order chi connectivity index (χ0) is 41.2. The molecule has 0 bridgehead atoms. The first-order chi connectivity index (χ1) is 26.9. The Morgan fingerprint density at radius 3 is 2.19 bits per heavy atom. The molecule has 0 saturated carbocycles. The fraction of sp³-hybridized carbons (Fsp3) is 0.610. The molecule has 16 nitrogen and oxygen atoms in total. The highest BCUT2D eigenvalue weighted by Gasteiger charge is 2.52. The summed E-state index contributed by atoms with van der Waals surface area (Å²) in [4.78, 5) is 54.7. The maximum Gasteiger partial charge on any atom is 0.316 e. The molecular weight excluding hydrogens is 746 g/mol. The topological polar surface area (TPSA) is 217 Å². The first kappa shape index (κ1) is 41.3. The second-order valence-electron chi connectivity index (χ2n) is 16.2. The number of Topliss-reactive ketones (excluding diaryl/α,β-unsaturated/α-hetero) is 1. The van der Waals surface area contributed by atoms with Gasteiger partial charge in [-0.1, -0.05) is 12.1 Å². The lowest BCUT2D eigenvalue weighted by Gasteiger charge is -2.48. The van der Waals surface area contributed by atoms with Crippen LogP contribution in [-0.4, -0.2) is 137 Å². The first-order valence-corrected chi connectivity index (χ1v) is 19.3. The van der Waals surface area contributed by atoms with Crippen molar-refractivity contribution in [2.24, 2.45) is 0 Å². The molecule has 3 aliphatic heterocycles. The third-order valence-electron chi connectivity index (χ3n) is 12.0. The van der Waals surface area contributed by atoms with Gasteiger partial charge in [0.1, 0.15) is 35.7 Å². The van der Waals surface area contributed by atoms with E-state index in [0.717, 1.165) is 7.11 Å². The van der Waals surface area contributed by atoms with Gasteiger partial charge < -0.3 is 58.5 Å². The van der Waals surface area contributed by atoms with Crippen LogP contribution in [0, 0.1) is 0 Å². The van der Waals surface area contributed by atoms with Crippen LogP contribution < -0.4 is 0 Å². The van der Waals surface area contributed by atoms with Gasteiger partial charge in [0.25, 0.3) is 0 Å². The van der Waals surface area contributed by atoms with Gasteiger partial charge in [-0.25, -0.2) is 0 Å². The highest BCUT2D eigenvalue weighted by atomic mass is 16.7. The maximum absolute atomic E-state index is 13.9. The number of hydrogen-bond donors (Lipinski definition) is 4. The lowest BCUT2D eigenvalue weighted by molar-refractivity contribution is -0.324. The van der Waals surface area contributed by atoms with Crippen molar-refractivity contribution in [3.8, 4) is 11.5 Å². The molecule has 5 aliphatic rings. The molecule has 2 aromatic rings. The molecule has 57 heavy (non-hydrogen) atoms. The summed E-state index contributed by atoms with van der Waals surface area (Å²) in [6, 6.07) is 5.07. The van der Waals surface area contributed by atoms with Crippen molar-refractivity contribution in [2.45, 2.75) is 139 Å². The first-order valence-electron chi connectivity index (χ1n) is 19.3. The number of carbonyl (C=O) groups is 4. The van der Waals surface area contributed by atoms with Crippen LogP contribution >= 0.6 is 0 Å². The molecule has 7 rings (SSSR count). The summed E-state index contributed by atoms with van der Waals surface area (Å²) < 4.78 is 42.4. The normalized spacial score (nSPS) is 36.7. The predicted octanol–water partition coefficient (Wildman–Crippen LogP) is 2.77. The van der Waals surface area contributed by atoms with E-state index in [4.69, 9.17) is 33.2 Å². The van der Waals surface area contributed by atoms with Crippen molar-refractivity contribution in [1.29, 1.82) is 0 Å². The number of ether oxygens (including phenoxy) is 7. The van der Waals surface area contributed by atoms with Crippen molar-refractivity contribution < 1.29 is 72.8 Å². The minimum Gasteiger partial charge on any atom is -0.507 e. The lowest BCUT2D eigenvalue weighted by Crippen LogP contribution is -2.58. The van der Waals surface area contributed by atoms with Crippen molar-refractivity contribution in [2.75, 3.05) is 21.2 Å². The van der Waals surface area contributed by atoms with Gasteiger partial charge >= 0.3 is 5.97 Å². The molecule has 4 N–H and O–H groups in total. The molecule has 0 amide bonds. The van der Waals surface area contributed by atoms with Crippen LogP contribution in [-0.2, 0) is 42.7 Å². The van der Waals surface area contributed by atoms with Crippen LogP contribution in [0.5, 0.6) is 11.5 Å². The SMILES string of the molecule is COC(=O)[C@@H]1c2cc3c(c(O)c2[C@@H](O[C@H]2C[C@@H](N(C)C)[C@@H](O[C@H]4C[C@@H](O)[C@@H](O[C@H]5CCC(=O)[C@H](C)O5)[C@@H](C)O4)[C@@H](C)O2)C[C@@]1(C)O)C(=O)c1c(O)cccc1C3=O. The largest absolute Gasteiger partial charge is 0.507 e. The summed E-state index contributed by atoms with van der Waals surface area (Å²) in [6.07, 6.45) is -6.74. The number of benzene rings is 2. The van der Waals surface area contributed by atoms with Gasteiger partial charge in [0, 0.05) is 54.8 Å². The zero-order valence-corrected chi connectivity index (χ0v) is 33.0. The van der Waals surface area contributed by atoms with E-state index < -0.39 is 102 Å². The number of aliphatic hydroxyl groups is 2. The van der Waals surface area contributed by atoms with Crippen molar-refractivity contribution in [3.05, 3.63) is 57.6 Å². The average molecular weight is 798 g/mol. The Labute approximate surface area is 329 Å². The second kappa shape index (κ2) is 15.7. The molecule has 3 heterocycles. The van der Waals surface area contributed by atoms with E-state index in [9.17, 15) is 39.6 Å². The van der Waals surface area contributed by atoms with E-state index in [1.54, 1.807) is 20.8 Å². The van der Waals surface area contributed by atoms with E-state index in [1.165, 1.54) is 31.2 Å². The lowest BCUT2D eigenvalue weighted by atomic mass is 9.68. The number of fused-ring (bicyclic) bond motifs is 3. The molecule has 2 aromatic carbocycles. The van der Waals surface area contributed by atoms with Gasteiger partial charge in [0.15, 0.2) is 30.4 Å². The number of aromatic hydroxyl groups is 2. The monoisotopic (exact) mass is 797 g/mol. The van der Waals surface area contributed by atoms with Crippen molar-refractivity contribution in [3.63, 3.8) is 0 Å². The number of hydrogen-bond acceptors (Lipinski definition) is 16. The number of ketones is 3. The molecule has 3 fully saturated rings. The fourth-order valence-electron chi connectivity index (χ4n) is 9.06. The van der Waals surface area contributed by atoms with Gasteiger partial charge in [-0.05, 0) is 59.5 Å². The van der Waals surface area contributed by atoms with Gasteiger partial charge in [0.2, 0.25) is 5.78 Å². The molecule has 0 radical (unpaired) electrons. The molecule has 0 unspecified atom stereocenters. The quantitative estimate of drug-likeness (QED) is 0.241. The number of rotatable bonds is 8. The van der Waals surface area contributed by atoms with Gasteiger partial charge in [-0.15, -0.1) is 0 Å². The van der Waals surface area contributed by atoms with Crippen LogP contribution in [0.2, 0.25) is 0 Å². The summed E-state index contributed by atoms with van der Waals surface area (Å²) in [5, 5.41) is 45.4. The van der Waals surface area contributed by atoms with Crippen LogP contribution in [0.4, 0.5) is 0 Å². The second-order valence-corrected chi connectivity index (χ2v) is 16.2. The van der Waals surface area contributed by atoms with Crippen LogP contribution in [0.15, 0.2) is 24.3 Å². The number of nitrogens with zero attached hydrogens (tertiary/aromatic N) is 1. The summed E-state index contributed by atoms with van der Waals surface area (Å²) >= 11 is 0. The van der Waals surface area contributed by atoms with Crippen molar-refractivity contribution in [1.82, 2.24) is 4.90 Å². The Hall–Kier alpha value is -3.84. The van der Waals surface area contributed by atoms with E-state index in [0.29, 0.717) is 12.8 Å². The van der Waals surface area contributed by atoms with Gasteiger partial charge in [0.05, 0.1) is 48.3 Å². The number of carbonyl (C=O) groups excluding carboxylic acids is 4. The molecule has 0 spiro atoms. The standard InChI is InChI=1S/C41H51NO15/c1-17-24(43)11-12-28(52-17)56-39-19(3)54-30(15-26(39)45)57-38-18(2)53-29(14-23(38)42(5)6)55-27-16-41(4,50)34(40(49)51-7)21-13-22-33(37(48)32(21)27)36(47)31-20(35(22)46)9-8-10-25(31)44/h8-10,13,17-19,23,26-30,34,38-39,44-45,48,50H,11-12,14-16H2,1-7H3/t17-,18+,19+,23+,26+,27-,28-,29-,30-,34-,38-,39-,41+/m0/s1. The number of phenols is 2. The zero-order valence-electron chi connectivity index (χ0n) is 33.0. The minimum atomic E-state index is -1.80. The number of esters is 1. The van der Waals surface area contributed by atoms with Crippen LogP contribution in [0.3, 0.4) is 0 Å². The Morgan fingerprint density at radius 2 is 1.54 bits per heavy atom. The Kier molecular flexibility index (Phi) is 11.4. The summed E-state index contributed by atoms with van der Waals surface area (Å²) in [7, 11) is 4.89. The molecule has 310 valence electrons. The molecule has 13 atom stereocenters. The number of methoxy groups -OCH3 is 1. The van der Waals surface area contributed by atoms with Crippen LogP contribution in [0.1, 0.15) is 115 Å². The summed E-state index contributed by atoms with van der Waals surface area (Å²) in [5.74, 6) is -4.65. The molecule has 0 aromatic heterocycles. The highest BCUT2D eigenvalue weighted by Crippen LogP contribution is 2.53. The smallest absolute Gasteiger partial charge is 0.316 e. The summed E-state index contributed by atoms with van der Waals surface area (Å²) in [5.41, 5.74) is -2.58. The third kappa shape index (κ3) is 7.51. The van der Waals surface area contributed by atoms with Gasteiger partial charge in [-0.3, -0.25) is 19.2 Å². The average Bonchev–Trinajstić information content (AvgIpc) is 3.13.